The Kier molecular flexibility index (Phi) is 4.61. The van der Waals surface area contributed by atoms with Crippen LogP contribution in [0.3, 0.4) is 0 Å². The van der Waals surface area contributed by atoms with Crippen LogP contribution in [0.15, 0.2) is 0 Å². The Morgan fingerprint density at radius 1 is 1.08 bits per heavy atom. The van der Waals surface area contributed by atoms with Gasteiger partial charge in [0.25, 0.3) is 0 Å². The average Bonchev–Trinajstić information content (AvgIpc) is 1.83. The molecule has 5 heteroatoms. The number of nitrogens with two attached hydrogens (primary N) is 1. The second-order valence-corrected chi connectivity index (χ2v) is 3.32. The van der Waals surface area contributed by atoms with Crippen LogP contribution in [0.2, 0.25) is 0 Å². The molecule has 0 rings (SSSR count). The summed E-state index contributed by atoms with van der Waals surface area (Å²) in [5.74, 6) is 0. The van der Waals surface area contributed by atoms with Crippen LogP contribution < -0.4 is 5.73 Å². The van der Waals surface area contributed by atoms with Gasteiger partial charge in [-0.15, -0.1) is 0 Å². The Hall–Kier alpha value is -0.810. The predicted molar refractivity (Wildman–Crippen MR) is 48.5 cm³/mol. The molecule has 0 aromatic heterocycles. The lowest BCUT2D eigenvalue weighted by Gasteiger charge is -2.26. The van der Waals surface area contributed by atoms with E-state index >= 15 is 0 Å². The molecule has 0 atom stereocenters. The fraction of sp³-hybridized carbons (Fsp3) is 0.857. The fourth-order valence-corrected chi connectivity index (χ4v) is 0.867. The van der Waals surface area contributed by atoms with Crippen LogP contribution in [-0.4, -0.2) is 62.3 Å². The number of urea groups is 1. The van der Waals surface area contributed by atoms with Crippen LogP contribution >= 0.6 is 0 Å². The van der Waals surface area contributed by atoms with Crippen LogP contribution in [0.4, 0.5) is 4.79 Å². The Balaban J connectivity index is 3.96. The molecule has 0 heterocycles. The maximum atomic E-state index is 10.9. The zero-order valence-electron chi connectivity index (χ0n) is 8.24. The number of nitrogens with zero attached hydrogens (tertiary/aromatic N) is 3. The smallest absolute Gasteiger partial charge is 0.316 e. The van der Waals surface area contributed by atoms with Crippen LogP contribution in [0.1, 0.15) is 0 Å². The quantitative estimate of drug-likeness (QED) is 0.579. The summed E-state index contributed by atoms with van der Waals surface area (Å²) in [5, 5.41) is 0. The highest BCUT2D eigenvalue weighted by Gasteiger charge is 2.10. The van der Waals surface area contributed by atoms with Gasteiger partial charge in [-0.05, 0) is 28.2 Å². The molecule has 2 N–H and O–H groups in total. The highest BCUT2D eigenvalue weighted by molar-refractivity contribution is 5.71. The lowest BCUT2D eigenvalue weighted by molar-refractivity contribution is 0.137. The first kappa shape index (κ1) is 11.2. The van der Waals surface area contributed by atoms with Crippen molar-refractivity contribution >= 4 is 6.03 Å². The van der Waals surface area contributed by atoms with Gasteiger partial charge >= 0.3 is 6.03 Å². The molecule has 0 unspecified atom stereocenters. The maximum Gasteiger partial charge on any atom is 0.316 e. The van der Waals surface area contributed by atoms with E-state index in [0.717, 1.165) is 0 Å². The zero-order chi connectivity index (χ0) is 9.72. The highest BCUT2D eigenvalue weighted by atomic mass is 16.2. The van der Waals surface area contributed by atoms with Gasteiger partial charge in [-0.25, -0.2) is 4.79 Å². The SMILES string of the molecule is CN(C)CN(CN(C)C)C(N)=O. The molecule has 72 valence electrons. The van der Waals surface area contributed by atoms with Crippen LogP contribution in [0, 0.1) is 0 Å². The summed E-state index contributed by atoms with van der Waals surface area (Å²) in [6.07, 6.45) is 0. The third-order valence-electron chi connectivity index (χ3n) is 1.22. The van der Waals surface area contributed by atoms with E-state index < -0.39 is 6.03 Å². The van der Waals surface area contributed by atoms with E-state index in [9.17, 15) is 4.79 Å². The summed E-state index contributed by atoms with van der Waals surface area (Å²) >= 11 is 0. The van der Waals surface area contributed by atoms with Gasteiger partial charge in [-0.3, -0.25) is 14.7 Å². The fourth-order valence-electron chi connectivity index (χ4n) is 0.867. The van der Waals surface area contributed by atoms with Gasteiger partial charge < -0.3 is 5.73 Å². The van der Waals surface area contributed by atoms with E-state index in [2.05, 4.69) is 0 Å². The minimum absolute atomic E-state index is 0.391. The second-order valence-electron chi connectivity index (χ2n) is 3.32. The summed E-state index contributed by atoms with van der Waals surface area (Å²) in [6, 6.07) is -0.391. The molecule has 0 spiro atoms. The molecule has 2 amide bonds. The zero-order valence-corrected chi connectivity index (χ0v) is 8.24. The van der Waals surface area contributed by atoms with Crippen molar-refractivity contribution in [3.63, 3.8) is 0 Å². The van der Waals surface area contributed by atoms with Crippen molar-refractivity contribution in [3.05, 3.63) is 0 Å². The first-order valence-electron chi connectivity index (χ1n) is 3.77. The average molecular weight is 174 g/mol. The molecular formula is C7H18N4O. The number of hydrogen-bond donors (Lipinski definition) is 1. The molecular weight excluding hydrogens is 156 g/mol. The van der Waals surface area contributed by atoms with Crippen molar-refractivity contribution in [2.45, 2.75) is 0 Å². The molecule has 0 aromatic rings. The summed E-state index contributed by atoms with van der Waals surface area (Å²) in [5.41, 5.74) is 5.17. The van der Waals surface area contributed by atoms with E-state index in [1.807, 2.05) is 38.0 Å². The molecule has 0 aliphatic carbocycles. The number of hydrogen-bond acceptors (Lipinski definition) is 3. The van der Waals surface area contributed by atoms with Crippen molar-refractivity contribution in [2.24, 2.45) is 5.73 Å². The maximum absolute atomic E-state index is 10.9. The lowest BCUT2D eigenvalue weighted by Crippen LogP contribution is -2.46. The van der Waals surface area contributed by atoms with Gasteiger partial charge in [0.05, 0.1) is 13.3 Å². The summed E-state index contributed by atoms with van der Waals surface area (Å²) in [7, 11) is 7.58. The summed E-state index contributed by atoms with van der Waals surface area (Å²) < 4.78 is 0. The molecule has 0 aliphatic heterocycles. The Bertz CT molecular complexity index is 136. The van der Waals surface area contributed by atoms with Gasteiger partial charge in [0.2, 0.25) is 0 Å². The molecule has 12 heavy (non-hydrogen) atoms. The van der Waals surface area contributed by atoms with Crippen molar-refractivity contribution in [1.82, 2.24) is 14.7 Å². The summed E-state index contributed by atoms with van der Waals surface area (Å²) in [6.45, 7) is 1.10. The molecule has 0 saturated heterocycles. The molecule has 0 fully saturated rings. The van der Waals surface area contributed by atoms with E-state index in [1.165, 1.54) is 0 Å². The number of amides is 2. The highest BCUT2D eigenvalue weighted by Crippen LogP contribution is 1.90. The first-order chi connectivity index (χ1) is 5.43. The van der Waals surface area contributed by atoms with E-state index in [4.69, 9.17) is 5.73 Å². The van der Waals surface area contributed by atoms with Gasteiger partial charge in [0, 0.05) is 0 Å². The Morgan fingerprint density at radius 2 is 1.42 bits per heavy atom. The predicted octanol–water partition coefficient (Wildman–Crippen LogP) is -0.595. The molecule has 0 aromatic carbocycles. The van der Waals surface area contributed by atoms with Crippen LogP contribution in [0.5, 0.6) is 0 Å². The third-order valence-corrected chi connectivity index (χ3v) is 1.22. The first-order valence-corrected chi connectivity index (χ1v) is 3.77. The molecule has 0 aliphatic rings. The Morgan fingerprint density at radius 3 is 1.58 bits per heavy atom. The van der Waals surface area contributed by atoms with Crippen LogP contribution in [-0.2, 0) is 0 Å². The summed E-state index contributed by atoms with van der Waals surface area (Å²) in [4.78, 5) is 16.2. The van der Waals surface area contributed by atoms with E-state index in [1.54, 1.807) is 4.90 Å². The molecule has 0 saturated carbocycles. The lowest BCUT2D eigenvalue weighted by atomic mass is 10.6. The van der Waals surface area contributed by atoms with Crippen molar-refractivity contribution in [1.29, 1.82) is 0 Å². The largest absolute Gasteiger partial charge is 0.351 e. The molecule has 0 radical (unpaired) electrons. The monoisotopic (exact) mass is 174 g/mol. The van der Waals surface area contributed by atoms with Crippen LogP contribution in [0.25, 0.3) is 0 Å². The molecule has 0 bridgehead atoms. The minimum Gasteiger partial charge on any atom is -0.351 e. The third kappa shape index (κ3) is 4.92. The standard InChI is InChI=1S/C7H18N4O/c1-9(2)5-11(7(8)12)6-10(3)4/h5-6H2,1-4H3,(H2,8,12). The van der Waals surface area contributed by atoms with Crippen molar-refractivity contribution < 1.29 is 4.79 Å². The molecule has 5 nitrogen and oxygen atoms in total. The van der Waals surface area contributed by atoms with E-state index in [-0.39, 0.29) is 0 Å². The topological polar surface area (TPSA) is 52.8 Å². The minimum atomic E-state index is -0.391. The number of rotatable bonds is 4. The van der Waals surface area contributed by atoms with Crippen molar-refractivity contribution in [3.8, 4) is 0 Å². The van der Waals surface area contributed by atoms with Crippen molar-refractivity contribution in [2.75, 3.05) is 41.5 Å². The van der Waals surface area contributed by atoms with Gasteiger partial charge in [-0.2, -0.15) is 0 Å². The number of carbonyl (C=O) groups is 1. The Labute approximate surface area is 73.7 Å². The normalized spacial score (nSPS) is 10.8. The number of primary amides is 1. The number of carbonyl (C=O) groups excluding carboxylic acids is 1. The van der Waals surface area contributed by atoms with Gasteiger partial charge in [-0.1, -0.05) is 0 Å². The second kappa shape index (κ2) is 4.95. The van der Waals surface area contributed by atoms with E-state index in [0.29, 0.717) is 13.3 Å². The van der Waals surface area contributed by atoms with Gasteiger partial charge in [0.15, 0.2) is 0 Å². The van der Waals surface area contributed by atoms with Gasteiger partial charge in [0.1, 0.15) is 0 Å².